The summed E-state index contributed by atoms with van der Waals surface area (Å²) in [6.07, 6.45) is 1.56. The molecule has 0 bridgehead atoms. The second-order valence-electron chi connectivity index (χ2n) is 5.87. The SMILES string of the molecule is O=C([C@@H]1C[C@H](F)CN1S(=O)(=O)c1ccc(Br)s1)N1CCCCC1. The maximum absolute atomic E-state index is 13.9. The highest BCUT2D eigenvalue weighted by atomic mass is 79.9. The van der Waals surface area contributed by atoms with Crippen molar-refractivity contribution in [3.8, 4) is 0 Å². The van der Waals surface area contributed by atoms with Gasteiger partial charge in [0.15, 0.2) is 0 Å². The molecule has 128 valence electrons. The molecule has 0 saturated carbocycles. The number of thiophene rings is 1. The number of sulfonamides is 1. The van der Waals surface area contributed by atoms with Gasteiger partial charge in [-0.1, -0.05) is 0 Å². The molecule has 2 atom stereocenters. The molecule has 0 aliphatic carbocycles. The number of piperidine rings is 1. The monoisotopic (exact) mass is 424 g/mol. The Hall–Kier alpha value is -0.510. The van der Waals surface area contributed by atoms with Crippen molar-refractivity contribution in [2.75, 3.05) is 19.6 Å². The Morgan fingerprint density at radius 1 is 1.26 bits per heavy atom. The second-order valence-corrected chi connectivity index (χ2v) is 10.4. The van der Waals surface area contributed by atoms with E-state index in [0.29, 0.717) is 16.9 Å². The summed E-state index contributed by atoms with van der Waals surface area (Å²) in [6, 6.07) is 2.20. The van der Waals surface area contributed by atoms with Crippen LogP contribution in [0.25, 0.3) is 0 Å². The van der Waals surface area contributed by atoms with E-state index in [0.717, 1.165) is 34.9 Å². The van der Waals surface area contributed by atoms with Gasteiger partial charge in [0.25, 0.3) is 10.0 Å². The van der Waals surface area contributed by atoms with Crippen molar-refractivity contribution in [1.82, 2.24) is 9.21 Å². The maximum atomic E-state index is 13.9. The van der Waals surface area contributed by atoms with Crippen LogP contribution in [0.2, 0.25) is 0 Å². The summed E-state index contributed by atoms with van der Waals surface area (Å²) in [4.78, 5) is 14.4. The molecule has 1 aromatic heterocycles. The number of amides is 1. The van der Waals surface area contributed by atoms with Crippen LogP contribution in [0, 0.1) is 0 Å². The molecule has 0 aromatic carbocycles. The molecule has 23 heavy (non-hydrogen) atoms. The van der Waals surface area contributed by atoms with Gasteiger partial charge in [-0.2, -0.15) is 4.31 Å². The molecule has 2 fully saturated rings. The van der Waals surface area contributed by atoms with Crippen molar-refractivity contribution in [1.29, 1.82) is 0 Å². The second kappa shape index (κ2) is 6.78. The third-order valence-corrected chi connectivity index (χ3v) is 8.23. The van der Waals surface area contributed by atoms with E-state index in [-0.39, 0.29) is 23.1 Å². The van der Waals surface area contributed by atoms with E-state index in [9.17, 15) is 17.6 Å². The van der Waals surface area contributed by atoms with E-state index in [4.69, 9.17) is 0 Å². The summed E-state index contributed by atoms with van der Waals surface area (Å²) >= 11 is 4.31. The van der Waals surface area contributed by atoms with Gasteiger partial charge in [0.1, 0.15) is 16.4 Å². The van der Waals surface area contributed by atoms with Gasteiger partial charge in [-0.25, -0.2) is 12.8 Å². The Balaban J connectivity index is 1.86. The Bertz CT molecular complexity index is 688. The highest BCUT2D eigenvalue weighted by Gasteiger charge is 2.46. The van der Waals surface area contributed by atoms with Crippen molar-refractivity contribution in [3.63, 3.8) is 0 Å². The lowest BCUT2D eigenvalue weighted by molar-refractivity contribution is -0.135. The van der Waals surface area contributed by atoms with Gasteiger partial charge in [0.2, 0.25) is 5.91 Å². The molecule has 0 unspecified atom stereocenters. The zero-order valence-electron chi connectivity index (χ0n) is 12.5. The van der Waals surface area contributed by atoms with E-state index >= 15 is 0 Å². The third kappa shape index (κ3) is 3.47. The molecular weight excluding hydrogens is 407 g/mol. The fourth-order valence-electron chi connectivity index (χ4n) is 3.12. The predicted molar refractivity (Wildman–Crippen MR) is 89.6 cm³/mol. The first-order chi connectivity index (χ1) is 10.9. The summed E-state index contributed by atoms with van der Waals surface area (Å²) in [7, 11) is -3.85. The number of halogens is 2. The van der Waals surface area contributed by atoms with Crippen molar-refractivity contribution in [2.45, 2.75) is 42.1 Å². The van der Waals surface area contributed by atoms with Gasteiger partial charge in [-0.15, -0.1) is 11.3 Å². The summed E-state index contributed by atoms with van der Waals surface area (Å²) in [6.45, 7) is 1.01. The molecule has 1 amide bonds. The average molecular weight is 425 g/mol. The number of hydrogen-bond acceptors (Lipinski definition) is 4. The smallest absolute Gasteiger partial charge is 0.253 e. The first-order valence-electron chi connectivity index (χ1n) is 7.59. The number of nitrogens with zero attached hydrogens (tertiary/aromatic N) is 2. The summed E-state index contributed by atoms with van der Waals surface area (Å²) in [5.41, 5.74) is 0. The highest BCUT2D eigenvalue weighted by molar-refractivity contribution is 9.11. The number of rotatable bonds is 3. The van der Waals surface area contributed by atoms with Crippen LogP contribution in [0.1, 0.15) is 25.7 Å². The lowest BCUT2D eigenvalue weighted by atomic mass is 10.1. The van der Waals surface area contributed by atoms with Gasteiger partial charge < -0.3 is 4.90 Å². The minimum absolute atomic E-state index is 0.0545. The van der Waals surface area contributed by atoms with Crippen molar-refractivity contribution < 1.29 is 17.6 Å². The van der Waals surface area contributed by atoms with Crippen molar-refractivity contribution in [2.24, 2.45) is 0 Å². The number of likely N-dealkylation sites (tertiary alicyclic amines) is 1. The lowest BCUT2D eigenvalue weighted by Crippen LogP contribution is -2.49. The molecule has 5 nitrogen and oxygen atoms in total. The van der Waals surface area contributed by atoms with E-state index in [1.165, 1.54) is 6.07 Å². The zero-order chi connectivity index (χ0) is 16.6. The molecular formula is C14H18BrFN2O3S2. The minimum atomic E-state index is -3.85. The van der Waals surface area contributed by atoms with E-state index in [2.05, 4.69) is 15.9 Å². The molecule has 0 N–H and O–H groups in total. The average Bonchev–Trinajstić information content (AvgIpc) is 3.14. The van der Waals surface area contributed by atoms with Crippen LogP contribution in [0.15, 0.2) is 20.1 Å². The normalized spacial score (nSPS) is 26.6. The summed E-state index contributed by atoms with van der Waals surface area (Å²) in [5, 5.41) is 0. The van der Waals surface area contributed by atoms with Crippen LogP contribution < -0.4 is 0 Å². The Kier molecular flexibility index (Phi) is 5.10. The summed E-state index contributed by atoms with van der Waals surface area (Å²) < 4.78 is 41.3. The van der Waals surface area contributed by atoms with Gasteiger partial charge in [-0.3, -0.25) is 4.79 Å². The molecule has 2 aliphatic rings. The quantitative estimate of drug-likeness (QED) is 0.748. The minimum Gasteiger partial charge on any atom is -0.341 e. The fraction of sp³-hybridized carbons (Fsp3) is 0.643. The first kappa shape index (κ1) is 17.3. The van der Waals surface area contributed by atoms with Crippen LogP contribution in [0.4, 0.5) is 4.39 Å². The molecule has 2 aliphatic heterocycles. The molecule has 0 radical (unpaired) electrons. The predicted octanol–water partition coefficient (Wildman–Crippen LogP) is 2.62. The topological polar surface area (TPSA) is 57.7 Å². The standard InChI is InChI=1S/C14H18BrFN2O3S2/c15-12-4-5-13(22-12)23(20,21)18-9-10(16)8-11(18)14(19)17-6-2-1-3-7-17/h4-5,10-11H,1-3,6-9H2/t10-,11-/m0/s1. The van der Waals surface area contributed by atoms with Gasteiger partial charge >= 0.3 is 0 Å². The molecule has 3 rings (SSSR count). The lowest BCUT2D eigenvalue weighted by Gasteiger charge is -2.31. The first-order valence-corrected chi connectivity index (χ1v) is 10.6. The molecule has 0 spiro atoms. The summed E-state index contributed by atoms with van der Waals surface area (Å²) in [5.74, 6) is -0.260. The third-order valence-electron chi connectivity index (χ3n) is 4.27. The highest BCUT2D eigenvalue weighted by Crippen LogP contribution is 2.34. The van der Waals surface area contributed by atoms with Crippen molar-refractivity contribution >= 4 is 43.2 Å². The van der Waals surface area contributed by atoms with Gasteiger partial charge in [-0.05, 0) is 47.3 Å². The molecule has 3 heterocycles. The van der Waals surface area contributed by atoms with E-state index in [1.807, 2.05) is 0 Å². The number of carbonyl (C=O) groups excluding carboxylic acids is 1. The Morgan fingerprint density at radius 3 is 2.57 bits per heavy atom. The van der Waals surface area contributed by atoms with Gasteiger partial charge in [0, 0.05) is 26.1 Å². The molecule has 2 saturated heterocycles. The van der Waals surface area contributed by atoms with E-state index < -0.39 is 22.2 Å². The van der Waals surface area contributed by atoms with Crippen LogP contribution >= 0.6 is 27.3 Å². The zero-order valence-corrected chi connectivity index (χ0v) is 15.7. The number of alkyl halides is 1. The van der Waals surface area contributed by atoms with Crippen LogP contribution in [-0.2, 0) is 14.8 Å². The van der Waals surface area contributed by atoms with Crippen LogP contribution in [0.5, 0.6) is 0 Å². The maximum Gasteiger partial charge on any atom is 0.253 e. The largest absolute Gasteiger partial charge is 0.341 e. The molecule has 1 aromatic rings. The number of carbonyl (C=O) groups is 1. The fourth-order valence-corrected chi connectivity index (χ4v) is 6.88. The van der Waals surface area contributed by atoms with E-state index in [1.54, 1.807) is 11.0 Å². The number of hydrogen-bond donors (Lipinski definition) is 0. The Morgan fingerprint density at radius 2 is 1.96 bits per heavy atom. The van der Waals surface area contributed by atoms with Crippen LogP contribution in [-0.4, -0.2) is 55.4 Å². The van der Waals surface area contributed by atoms with Gasteiger partial charge in [0.05, 0.1) is 3.79 Å². The Labute approximate surface area is 147 Å². The van der Waals surface area contributed by atoms with Crippen molar-refractivity contribution in [3.05, 3.63) is 15.9 Å². The van der Waals surface area contributed by atoms with Crippen LogP contribution in [0.3, 0.4) is 0 Å². The molecule has 9 heteroatoms.